The Morgan fingerprint density at radius 1 is 1.46 bits per heavy atom. The zero-order valence-corrected chi connectivity index (χ0v) is 8.36. The Morgan fingerprint density at radius 3 is 2.38 bits per heavy atom. The van der Waals surface area contributed by atoms with Crippen molar-refractivity contribution in [3.63, 3.8) is 0 Å². The zero-order chi connectivity index (χ0) is 9.84. The van der Waals surface area contributed by atoms with Gasteiger partial charge < -0.3 is 14.9 Å². The van der Waals surface area contributed by atoms with Crippen LogP contribution in [0, 0.1) is 0 Å². The van der Waals surface area contributed by atoms with Crippen molar-refractivity contribution in [2.75, 3.05) is 33.8 Å². The molecule has 1 amide bonds. The van der Waals surface area contributed by atoms with Crippen LogP contribution < -0.4 is 0 Å². The summed E-state index contributed by atoms with van der Waals surface area (Å²) in [6.07, 6.45) is 2.03. The topological polar surface area (TPSA) is 43.8 Å². The van der Waals surface area contributed by atoms with Gasteiger partial charge in [0.1, 0.15) is 6.61 Å². The lowest BCUT2D eigenvalue weighted by Gasteiger charge is -2.34. The van der Waals surface area contributed by atoms with E-state index in [9.17, 15) is 4.79 Å². The van der Waals surface area contributed by atoms with Crippen LogP contribution in [0.4, 0.5) is 0 Å². The summed E-state index contributed by atoms with van der Waals surface area (Å²) in [6.45, 7) is 1.21. The molecule has 0 aromatic carbocycles. The van der Waals surface area contributed by atoms with Crippen LogP contribution in [0.3, 0.4) is 0 Å². The fourth-order valence-electron chi connectivity index (χ4n) is 1.73. The molecule has 0 aromatic rings. The number of amides is 1. The number of carbonyl (C=O) groups excluding carboxylic acids is 1. The maximum absolute atomic E-state index is 11.1. The highest BCUT2D eigenvalue weighted by Gasteiger charge is 2.22. The van der Waals surface area contributed by atoms with Gasteiger partial charge in [-0.2, -0.15) is 0 Å². The molecule has 1 rings (SSSR count). The molecule has 0 unspecified atom stereocenters. The van der Waals surface area contributed by atoms with Gasteiger partial charge in [0.05, 0.1) is 0 Å². The quantitative estimate of drug-likeness (QED) is 0.634. The second-order valence-corrected chi connectivity index (χ2v) is 3.73. The lowest BCUT2D eigenvalue weighted by Crippen LogP contribution is -2.45. The third kappa shape index (κ3) is 2.67. The summed E-state index contributed by atoms with van der Waals surface area (Å²) >= 11 is 0. The maximum atomic E-state index is 11.1. The van der Waals surface area contributed by atoms with Gasteiger partial charge in [-0.3, -0.25) is 4.79 Å². The van der Waals surface area contributed by atoms with Gasteiger partial charge in [0.2, 0.25) is 5.91 Å². The molecule has 1 N–H and O–H groups in total. The first-order valence-electron chi connectivity index (χ1n) is 4.70. The maximum Gasteiger partial charge on any atom is 0.248 e. The van der Waals surface area contributed by atoms with E-state index < -0.39 is 0 Å². The number of aliphatic hydroxyl groups excluding tert-OH is 1. The summed E-state index contributed by atoms with van der Waals surface area (Å²) in [5.74, 6) is -0.141. The molecular formula is C9H18N2O2. The van der Waals surface area contributed by atoms with Crippen LogP contribution in [0.2, 0.25) is 0 Å². The molecule has 1 aliphatic heterocycles. The van der Waals surface area contributed by atoms with Crippen molar-refractivity contribution in [1.82, 2.24) is 9.80 Å². The molecule has 0 bridgehead atoms. The summed E-state index contributed by atoms with van der Waals surface area (Å²) in [6, 6.07) is 0.586. The Labute approximate surface area is 79.1 Å². The molecular weight excluding hydrogens is 168 g/mol. The van der Waals surface area contributed by atoms with Gasteiger partial charge in [-0.15, -0.1) is 0 Å². The predicted octanol–water partition coefficient (Wildman–Crippen LogP) is -0.469. The number of nitrogens with zero attached hydrogens (tertiary/aromatic N) is 2. The molecule has 0 atom stereocenters. The van der Waals surface area contributed by atoms with Gasteiger partial charge >= 0.3 is 0 Å². The lowest BCUT2D eigenvalue weighted by atomic mass is 10.0. The van der Waals surface area contributed by atoms with E-state index >= 15 is 0 Å². The van der Waals surface area contributed by atoms with E-state index in [1.807, 2.05) is 0 Å². The lowest BCUT2D eigenvalue weighted by molar-refractivity contribution is -0.135. The van der Waals surface area contributed by atoms with Gasteiger partial charge in [-0.25, -0.2) is 0 Å². The summed E-state index contributed by atoms with van der Waals surface area (Å²) in [4.78, 5) is 15.0. The average Bonchev–Trinajstić information content (AvgIpc) is 2.17. The summed E-state index contributed by atoms with van der Waals surface area (Å²) in [5.41, 5.74) is 0. The molecule has 1 heterocycles. The van der Waals surface area contributed by atoms with Gasteiger partial charge in [-0.1, -0.05) is 0 Å². The van der Waals surface area contributed by atoms with E-state index in [2.05, 4.69) is 19.0 Å². The fraction of sp³-hybridized carbons (Fsp3) is 0.889. The van der Waals surface area contributed by atoms with Crippen molar-refractivity contribution in [2.24, 2.45) is 0 Å². The first-order valence-corrected chi connectivity index (χ1v) is 4.70. The minimum atomic E-state index is -0.355. The standard InChI is InChI=1S/C9H18N2O2/c1-10(2)8-3-5-11(6-4-8)9(13)7-12/h8,12H,3-7H2,1-2H3. The number of piperidine rings is 1. The molecule has 0 aromatic heterocycles. The highest BCUT2D eigenvalue weighted by molar-refractivity contribution is 5.77. The first-order chi connectivity index (χ1) is 6.15. The second-order valence-electron chi connectivity index (χ2n) is 3.73. The van der Waals surface area contributed by atoms with Crippen LogP contribution in [0.5, 0.6) is 0 Å². The molecule has 1 saturated heterocycles. The van der Waals surface area contributed by atoms with Crippen molar-refractivity contribution in [3.05, 3.63) is 0 Å². The van der Waals surface area contributed by atoms with E-state index in [0.29, 0.717) is 6.04 Å². The number of rotatable bonds is 2. The highest BCUT2D eigenvalue weighted by atomic mass is 16.3. The van der Waals surface area contributed by atoms with E-state index in [1.54, 1.807) is 4.90 Å². The second kappa shape index (κ2) is 4.58. The number of hydrogen-bond acceptors (Lipinski definition) is 3. The van der Waals surface area contributed by atoms with Crippen LogP contribution in [-0.2, 0) is 4.79 Å². The van der Waals surface area contributed by atoms with Gasteiger partial charge in [-0.05, 0) is 26.9 Å². The molecule has 0 aliphatic carbocycles. The Hall–Kier alpha value is -0.610. The number of likely N-dealkylation sites (tertiary alicyclic amines) is 1. The van der Waals surface area contributed by atoms with Crippen LogP contribution in [0.1, 0.15) is 12.8 Å². The van der Waals surface area contributed by atoms with Crippen LogP contribution in [-0.4, -0.2) is 60.6 Å². The van der Waals surface area contributed by atoms with Crippen molar-refractivity contribution in [2.45, 2.75) is 18.9 Å². The Morgan fingerprint density at radius 2 is 2.00 bits per heavy atom. The number of carbonyl (C=O) groups is 1. The third-order valence-electron chi connectivity index (χ3n) is 2.68. The third-order valence-corrected chi connectivity index (χ3v) is 2.68. The SMILES string of the molecule is CN(C)C1CCN(C(=O)CO)CC1. The molecule has 13 heavy (non-hydrogen) atoms. The van der Waals surface area contributed by atoms with Gasteiger partial charge in [0, 0.05) is 19.1 Å². The van der Waals surface area contributed by atoms with Crippen molar-refractivity contribution in [3.8, 4) is 0 Å². The van der Waals surface area contributed by atoms with E-state index in [0.717, 1.165) is 25.9 Å². The van der Waals surface area contributed by atoms with Crippen LogP contribution >= 0.6 is 0 Å². The van der Waals surface area contributed by atoms with Crippen LogP contribution in [0.15, 0.2) is 0 Å². The molecule has 4 nitrogen and oxygen atoms in total. The minimum absolute atomic E-state index is 0.141. The Kier molecular flexibility index (Phi) is 3.69. The highest BCUT2D eigenvalue weighted by Crippen LogP contribution is 2.13. The van der Waals surface area contributed by atoms with E-state index in [4.69, 9.17) is 5.11 Å². The molecule has 0 radical (unpaired) electrons. The largest absolute Gasteiger partial charge is 0.387 e. The zero-order valence-electron chi connectivity index (χ0n) is 8.36. The van der Waals surface area contributed by atoms with E-state index in [1.165, 1.54) is 0 Å². The average molecular weight is 186 g/mol. The van der Waals surface area contributed by atoms with E-state index in [-0.39, 0.29) is 12.5 Å². The summed E-state index contributed by atoms with van der Waals surface area (Å²) in [7, 11) is 4.13. The normalized spacial score (nSPS) is 19.5. The van der Waals surface area contributed by atoms with Crippen molar-refractivity contribution >= 4 is 5.91 Å². The van der Waals surface area contributed by atoms with Gasteiger partial charge in [0.25, 0.3) is 0 Å². The smallest absolute Gasteiger partial charge is 0.248 e. The summed E-state index contributed by atoms with van der Waals surface area (Å²) in [5, 5.41) is 8.66. The molecule has 76 valence electrons. The van der Waals surface area contributed by atoms with Crippen LogP contribution in [0.25, 0.3) is 0 Å². The molecule has 1 aliphatic rings. The molecule has 4 heteroatoms. The fourth-order valence-corrected chi connectivity index (χ4v) is 1.73. The molecule has 0 spiro atoms. The monoisotopic (exact) mass is 186 g/mol. The van der Waals surface area contributed by atoms with Crippen molar-refractivity contribution in [1.29, 1.82) is 0 Å². The molecule has 1 fully saturated rings. The summed E-state index contributed by atoms with van der Waals surface area (Å²) < 4.78 is 0. The minimum Gasteiger partial charge on any atom is -0.387 e. The number of hydrogen-bond donors (Lipinski definition) is 1. The first kappa shape index (κ1) is 10.5. The molecule has 0 saturated carbocycles. The predicted molar refractivity (Wildman–Crippen MR) is 50.4 cm³/mol. The Balaban J connectivity index is 2.34. The van der Waals surface area contributed by atoms with Gasteiger partial charge in [0.15, 0.2) is 0 Å². The number of aliphatic hydroxyl groups is 1. The van der Waals surface area contributed by atoms with Crippen molar-refractivity contribution < 1.29 is 9.90 Å². The Bertz CT molecular complexity index is 174.